The van der Waals surface area contributed by atoms with Gasteiger partial charge in [-0.15, -0.1) is 0 Å². The van der Waals surface area contributed by atoms with Gasteiger partial charge in [0.1, 0.15) is 0 Å². The molecule has 0 bridgehead atoms. The molecule has 0 aliphatic heterocycles. The quantitative estimate of drug-likeness (QED) is 0.508. The van der Waals surface area contributed by atoms with Crippen molar-refractivity contribution in [1.82, 2.24) is 0 Å². The van der Waals surface area contributed by atoms with Crippen LogP contribution in [-0.4, -0.2) is 10.4 Å². The molecule has 1 aromatic carbocycles. The van der Waals surface area contributed by atoms with Crippen LogP contribution in [0.4, 0.5) is 0 Å². The van der Waals surface area contributed by atoms with E-state index in [0.29, 0.717) is 5.92 Å². The van der Waals surface area contributed by atoms with Crippen LogP contribution in [0.5, 0.6) is 0 Å². The Hall–Kier alpha value is -0.540. The minimum Gasteiger partial charge on any atom is -0.410 e. The second kappa shape index (κ2) is 4.38. The van der Waals surface area contributed by atoms with E-state index in [9.17, 15) is 0 Å². The third-order valence-corrected chi connectivity index (χ3v) is 4.35. The Balaban J connectivity index is 2.43. The van der Waals surface area contributed by atoms with Gasteiger partial charge in [0.2, 0.25) is 0 Å². The third kappa shape index (κ3) is 1.98. The number of rotatable bonds is 3. The lowest BCUT2D eigenvalue weighted by Gasteiger charge is -2.27. The summed E-state index contributed by atoms with van der Waals surface area (Å²) in [7, 11) is 0. The summed E-state index contributed by atoms with van der Waals surface area (Å²) in [6.45, 7) is 2.04. The van der Waals surface area contributed by atoms with Crippen molar-refractivity contribution in [1.29, 1.82) is 0 Å². The second-order valence-electron chi connectivity index (χ2n) is 4.37. The lowest BCUT2D eigenvalue weighted by molar-refractivity contribution is 0.314. The van der Waals surface area contributed by atoms with Crippen molar-refractivity contribution in [3.8, 4) is 0 Å². The first-order valence-corrected chi connectivity index (χ1v) is 6.40. The largest absolute Gasteiger partial charge is 0.410 e. The Morgan fingerprint density at radius 1 is 1.44 bits per heavy atom. The average Bonchev–Trinajstić information content (AvgIpc) is 3.12. The van der Waals surface area contributed by atoms with Gasteiger partial charge < -0.3 is 5.21 Å². The molecule has 16 heavy (non-hydrogen) atoms. The van der Waals surface area contributed by atoms with Gasteiger partial charge >= 0.3 is 0 Å². The molecule has 0 spiro atoms. The minimum atomic E-state index is -0.350. The van der Waals surface area contributed by atoms with Crippen molar-refractivity contribution in [3.63, 3.8) is 0 Å². The molecule has 1 aliphatic rings. The summed E-state index contributed by atoms with van der Waals surface area (Å²) in [5.74, 6) is 0.483. The maximum atomic E-state index is 8.91. The van der Waals surface area contributed by atoms with Gasteiger partial charge in [-0.2, -0.15) is 0 Å². The van der Waals surface area contributed by atoms with Crippen LogP contribution in [0.1, 0.15) is 25.3 Å². The van der Waals surface area contributed by atoms with Crippen LogP contribution in [-0.2, 0) is 5.41 Å². The van der Waals surface area contributed by atoms with Gasteiger partial charge in [-0.05, 0) is 43.4 Å². The molecule has 0 unspecified atom stereocenters. The molecule has 1 fully saturated rings. The third-order valence-electron chi connectivity index (χ3n) is 3.35. The fourth-order valence-corrected chi connectivity index (χ4v) is 2.61. The zero-order chi connectivity index (χ0) is 11.8. The molecule has 0 saturated heterocycles. The number of hydrogen-bond acceptors (Lipinski definition) is 2. The number of oxime groups is 1. The lowest BCUT2D eigenvalue weighted by atomic mass is 9.79. The summed E-state index contributed by atoms with van der Waals surface area (Å²) < 4.78 is 1.03. The fraction of sp³-hybridized carbons (Fsp3) is 0.417. The van der Waals surface area contributed by atoms with E-state index in [2.05, 4.69) is 21.1 Å². The number of hydrogen-bond donors (Lipinski definition) is 1. The van der Waals surface area contributed by atoms with E-state index in [-0.39, 0.29) is 10.6 Å². The molecule has 0 radical (unpaired) electrons. The van der Waals surface area contributed by atoms with E-state index in [1.54, 1.807) is 0 Å². The second-order valence-corrected chi connectivity index (χ2v) is 5.65. The van der Waals surface area contributed by atoms with Crippen LogP contribution >= 0.6 is 27.5 Å². The smallest absolute Gasteiger partial charge is 0.155 e. The molecule has 1 saturated carbocycles. The van der Waals surface area contributed by atoms with Crippen LogP contribution < -0.4 is 0 Å². The summed E-state index contributed by atoms with van der Waals surface area (Å²) in [6, 6.07) is 8.01. The Labute approximate surface area is 108 Å². The summed E-state index contributed by atoms with van der Waals surface area (Å²) in [5, 5.41) is 12.4. The molecular formula is C12H13BrClNO. The van der Waals surface area contributed by atoms with Crippen molar-refractivity contribution < 1.29 is 5.21 Å². The molecular weight excluding hydrogens is 289 g/mol. The van der Waals surface area contributed by atoms with Crippen molar-refractivity contribution in [3.05, 3.63) is 34.3 Å². The molecule has 1 atom stereocenters. The van der Waals surface area contributed by atoms with Crippen LogP contribution in [0.15, 0.2) is 33.9 Å². The summed E-state index contributed by atoms with van der Waals surface area (Å²) >= 11 is 9.48. The van der Waals surface area contributed by atoms with E-state index in [4.69, 9.17) is 16.8 Å². The maximum Gasteiger partial charge on any atom is 0.155 e. The van der Waals surface area contributed by atoms with Crippen LogP contribution in [0.2, 0.25) is 0 Å². The van der Waals surface area contributed by atoms with Gasteiger partial charge in [0.05, 0.1) is 5.41 Å². The number of benzene rings is 1. The van der Waals surface area contributed by atoms with E-state index >= 15 is 0 Å². The summed E-state index contributed by atoms with van der Waals surface area (Å²) in [5.41, 5.74) is 0.748. The van der Waals surface area contributed by atoms with Crippen molar-refractivity contribution in [2.75, 3.05) is 0 Å². The number of halogens is 2. The monoisotopic (exact) mass is 301 g/mol. The standard InChI is InChI=1S/C12H13BrClNO/c1-12(8-2-3-8,11(14)15-16)9-4-6-10(13)7-5-9/h4-8,16H,2-3H2,1H3/t12-/m1/s1. The highest BCUT2D eigenvalue weighted by Crippen LogP contribution is 2.49. The van der Waals surface area contributed by atoms with Gasteiger partial charge in [-0.25, -0.2) is 0 Å². The van der Waals surface area contributed by atoms with Gasteiger partial charge in [0.25, 0.3) is 0 Å². The first-order chi connectivity index (χ1) is 7.59. The Morgan fingerprint density at radius 2 is 2.00 bits per heavy atom. The zero-order valence-corrected chi connectivity index (χ0v) is 11.3. The van der Waals surface area contributed by atoms with Crippen molar-refractivity contribution >= 4 is 32.7 Å². The molecule has 1 N–H and O–H groups in total. The van der Waals surface area contributed by atoms with Gasteiger partial charge in [-0.1, -0.05) is 44.8 Å². The highest BCUT2D eigenvalue weighted by atomic mass is 79.9. The molecule has 0 aromatic heterocycles. The molecule has 1 aliphatic carbocycles. The van der Waals surface area contributed by atoms with Crippen LogP contribution in [0.3, 0.4) is 0 Å². The summed E-state index contributed by atoms with van der Waals surface area (Å²) in [4.78, 5) is 0. The van der Waals surface area contributed by atoms with E-state index in [1.165, 1.54) is 0 Å². The minimum absolute atomic E-state index is 0.275. The van der Waals surface area contributed by atoms with Crippen LogP contribution in [0, 0.1) is 5.92 Å². The zero-order valence-electron chi connectivity index (χ0n) is 8.95. The van der Waals surface area contributed by atoms with Gasteiger partial charge in [0, 0.05) is 4.47 Å². The highest BCUT2D eigenvalue weighted by Gasteiger charge is 2.46. The molecule has 2 rings (SSSR count). The molecule has 4 heteroatoms. The molecule has 2 nitrogen and oxygen atoms in total. The maximum absolute atomic E-state index is 8.91. The predicted octanol–water partition coefficient (Wildman–Crippen LogP) is 4.14. The van der Waals surface area contributed by atoms with E-state index < -0.39 is 0 Å². The van der Waals surface area contributed by atoms with Gasteiger partial charge in [-0.3, -0.25) is 0 Å². The first kappa shape index (κ1) is 11.9. The normalized spacial score (nSPS) is 20.6. The first-order valence-electron chi connectivity index (χ1n) is 5.23. The van der Waals surface area contributed by atoms with Crippen molar-refractivity contribution in [2.45, 2.75) is 25.2 Å². The van der Waals surface area contributed by atoms with E-state index in [0.717, 1.165) is 22.9 Å². The Morgan fingerprint density at radius 3 is 2.44 bits per heavy atom. The van der Waals surface area contributed by atoms with Gasteiger partial charge in [0.15, 0.2) is 5.17 Å². The van der Waals surface area contributed by atoms with Crippen molar-refractivity contribution in [2.24, 2.45) is 11.1 Å². The Kier molecular flexibility index (Phi) is 3.27. The SMILES string of the molecule is C[C@](C(Cl)=NO)(c1ccc(Br)cc1)C1CC1. The molecule has 0 heterocycles. The topological polar surface area (TPSA) is 32.6 Å². The highest BCUT2D eigenvalue weighted by molar-refractivity contribution is 9.10. The Bertz CT molecular complexity index is 414. The molecule has 1 aromatic rings. The average molecular weight is 303 g/mol. The van der Waals surface area contributed by atoms with Crippen LogP contribution in [0.25, 0.3) is 0 Å². The molecule has 86 valence electrons. The summed E-state index contributed by atoms with van der Waals surface area (Å²) in [6.07, 6.45) is 2.27. The lowest BCUT2D eigenvalue weighted by Crippen LogP contribution is -2.31. The molecule has 0 amide bonds. The predicted molar refractivity (Wildman–Crippen MR) is 69.3 cm³/mol. The number of nitrogens with zero attached hydrogens (tertiary/aromatic N) is 1. The van der Waals surface area contributed by atoms with E-state index in [1.807, 2.05) is 31.2 Å². The fourth-order valence-electron chi connectivity index (χ4n) is 2.08.